The number of Topliss-reactive ketones (excluding diaryl/α,β-unsaturated/α-hetero) is 1. The van der Waals surface area contributed by atoms with Crippen LogP contribution in [0.4, 0.5) is 0 Å². The Hall–Kier alpha value is -3.52. The number of rotatable bonds is 10. The number of likely N-dealkylation sites (tertiary alicyclic amines) is 1. The van der Waals surface area contributed by atoms with E-state index in [1.165, 1.54) is 18.1 Å². The van der Waals surface area contributed by atoms with Gasteiger partial charge in [0, 0.05) is 19.2 Å². The molecule has 3 rings (SSSR count). The van der Waals surface area contributed by atoms with Gasteiger partial charge in [-0.05, 0) is 55.3 Å². The number of hydrogen-bond donors (Lipinski definition) is 2. The van der Waals surface area contributed by atoms with E-state index in [4.69, 9.17) is 14.2 Å². The number of amides is 1. The minimum absolute atomic E-state index is 0.0357. The summed E-state index contributed by atoms with van der Waals surface area (Å²) in [6.07, 6.45) is 0.864. The molecular weight excluding hydrogens is 426 g/mol. The second-order valence-electron chi connectivity index (χ2n) is 7.52. The molecule has 1 unspecified atom stereocenters. The molecule has 0 radical (unpaired) electrons. The number of aromatic hydroxyl groups is 1. The standard InChI is InChI=1S/C25H29NO7/c1-4-13-33-18-9-6-16(7-10-18)23(28)21-22(26(12-14-31-3)25(30)24(21)29)17-8-11-19(27)20(15-17)32-5-2/h6-11,15,22,27-28H,4-5,12-14H2,1-3H3/b23-21-. The monoisotopic (exact) mass is 455 g/mol. The molecule has 1 aliphatic rings. The third-order valence-electron chi connectivity index (χ3n) is 5.28. The second-order valence-corrected chi connectivity index (χ2v) is 7.52. The van der Waals surface area contributed by atoms with Gasteiger partial charge in [0.1, 0.15) is 11.5 Å². The van der Waals surface area contributed by atoms with Crippen molar-refractivity contribution in [3.63, 3.8) is 0 Å². The number of ether oxygens (including phenoxy) is 3. The molecule has 0 spiro atoms. The van der Waals surface area contributed by atoms with Crippen molar-refractivity contribution in [2.45, 2.75) is 26.3 Å². The molecule has 8 nitrogen and oxygen atoms in total. The minimum Gasteiger partial charge on any atom is -0.507 e. The maximum absolute atomic E-state index is 13.0. The highest BCUT2D eigenvalue weighted by atomic mass is 16.5. The van der Waals surface area contributed by atoms with E-state index in [1.807, 2.05) is 6.92 Å². The Balaban J connectivity index is 2.09. The van der Waals surface area contributed by atoms with E-state index >= 15 is 0 Å². The van der Waals surface area contributed by atoms with E-state index < -0.39 is 17.7 Å². The summed E-state index contributed by atoms with van der Waals surface area (Å²) in [6, 6.07) is 10.4. The number of aliphatic hydroxyl groups is 1. The Bertz CT molecular complexity index is 1030. The highest BCUT2D eigenvalue weighted by Crippen LogP contribution is 2.41. The lowest BCUT2D eigenvalue weighted by atomic mass is 9.95. The molecule has 0 aromatic heterocycles. The molecule has 0 aliphatic carbocycles. The second kappa shape index (κ2) is 10.9. The van der Waals surface area contributed by atoms with Crippen molar-refractivity contribution in [3.8, 4) is 17.2 Å². The maximum Gasteiger partial charge on any atom is 0.295 e. The lowest BCUT2D eigenvalue weighted by Crippen LogP contribution is -2.32. The van der Waals surface area contributed by atoms with Crippen LogP contribution in [0.2, 0.25) is 0 Å². The predicted octanol–water partition coefficient (Wildman–Crippen LogP) is 3.65. The molecule has 8 heteroatoms. The molecule has 1 amide bonds. The zero-order valence-electron chi connectivity index (χ0n) is 19.0. The van der Waals surface area contributed by atoms with Crippen molar-refractivity contribution in [3.05, 3.63) is 59.2 Å². The lowest BCUT2D eigenvalue weighted by molar-refractivity contribution is -0.140. The molecule has 2 aromatic rings. The molecule has 1 atom stereocenters. The van der Waals surface area contributed by atoms with Crippen LogP contribution in [0.3, 0.4) is 0 Å². The van der Waals surface area contributed by atoms with E-state index in [0.717, 1.165) is 6.42 Å². The number of aliphatic hydroxyl groups excluding tert-OH is 1. The molecule has 33 heavy (non-hydrogen) atoms. The number of hydrogen-bond acceptors (Lipinski definition) is 7. The predicted molar refractivity (Wildman–Crippen MR) is 122 cm³/mol. The smallest absolute Gasteiger partial charge is 0.295 e. The van der Waals surface area contributed by atoms with E-state index in [0.29, 0.717) is 30.1 Å². The first kappa shape index (κ1) is 24.1. The molecular formula is C25H29NO7. The largest absolute Gasteiger partial charge is 0.507 e. The Morgan fingerprint density at radius 1 is 1.03 bits per heavy atom. The quantitative estimate of drug-likeness (QED) is 0.320. The number of phenolic OH excluding ortho intramolecular Hbond substituents is 1. The van der Waals surface area contributed by atoms with Gasteiger partial charge >= 0.3 is 0 Å². The number of methoxy groups -OCH3 is 1. The topological polar surface area (TPSA) is 106 Å². The first-order valence-corrected chi connectivity index (χ1v) is 10.9. The van der Waals surface area contributed by atoms with Gasteiger partial charge in [-0.2, -0.15) is 0 Å². The first-order valence-electron chi connectivity index (χ1n) is 10.9. The Kier molecular flexibility index (Phi) is 7.95. The molecule has 2 aromatic carbocycles. The molecule has 0 saturated carbocycles. The summed E-state index contributed by atoms with van der Waals surface area (Å²) >= 11 is 0. The van der Waals surface area contributed by atoms with E-state index in [2.05, 4.69) is 0 Å². The van der Waals surface area contributed by atoms with Crippen molar-refractivity contribution >= 4 is 17.4 Å². The van der Waals surface area contributed by atoms with Crippen LogP contribution in [0, 0.1) is 0 Å². The van der Waals surface area contributed by atoms with Crippen LogP contribution in [-0.4, -0.2) is 60.3 Å². The Labute approximate surface area is 193 Å². The minimum atomic E-state index is -0.865. The number of benzene rings is 2. The van der Waals surface area contributed by atoms with Gasteiger partial charge in [-0.1, -0.05) is 13.0 Å². The summed E-state index contributed by atoms with van der Waals surface area (Å²) in [5.74, 6) is -0.989. The summed E-state index contributed by atoms with van der Waals surface area (Å²) < 4.78 is 16.2. The van der Waals surface area contributed by atoms with Gasteiger partial charge in [-0.15, -0.1) is 0 Å². The van der Waals surface area contributed by atoms with Crippen molar-refractivity contribution < 1.29 is 34.0 Å². The third-order valence-corrected chi connectivity index (χ3v) is 5.28. The van der Waals surface area contributed by atoms with Gasteiger partial charge in [0.2, 0.25) is 0 Å². The van der Waals surface area contributed by atoms with Gasteiger partial charge in [0.15, 0.2) is 11.5 Å². The van der Waals surface area contributed by atoms with E-state index in [-0.39, 0.29) is 36.0 Å². The van der Waals surface area contributed by atoms with Gasteiger partial charge < -0.3 is 29.3 Å². The van der Waals surface area contributed by atoms with Crippen LogP contribution >= 0.6 is 0 Å². The van der Waals surface area contributed by atoms with Crippen LogP contribution in [-0.2, 0) is 14.3 Å². The summed E-state index contributed by atoms with van der Waals surface area (Å²) in [7, 11) is 1.50. The zero-order valence-corrected chi connectivity index (χ0v) is 19.0. The summed E-state index contributed by atoms with van der Waals surface area (Å²) in [5, 5.41) is 21.2. The van der Waals surface area contributed by atoms with Crippen molar-refractivity contribution in [1.82, 2.24) is 4.90 Å². The number of ketones is 1. The van der Waals surface area contributed by atoms with Crippen LogP contribution in [0.1, 0.15) is 37.4 Å². The fourth-order valence-electron chi connectivity index (χ4n) is 3.70. The summed E-state index contributed by atoms with van der Waals surface area (Å²) in [5.41, 5.74) is 0.875. The van der Waals surface area contributed by atoms with Crippen LogP contribution in [0.15, 0.2) is 48.0 Å². The van der Waals surface area contributed by atoms with Crippen LogP contribution in [0.25, 0.3) is 5.76 Å². The maximum atomic E-state index is 13.0. The highest BCUT2D eigenvalue weighted by Gasteiger charge is 2.46. The van der Waals surface area contributed by atoms with Gasteiger partial charge in [0.05, 0.1) is 31.4 Å². The summed E-state index contributed by atoms with van der Waals surface area (Å²) in [4.78, 5) is 27.2. The third kappa shape index (κ3) is 5.12. The molecule has 0 bridgehead atoms. The Morgan fingerprint density at radius 3 is 2.39 bits per heavy atom. The van der Waals surface area contributed by atoms with Gasteiger partial charge in [-0.25, -0.2) is 0 Å². The normalized spacial score (nSPS) is 17.4. The van der Waals surface area contributed by atoms with Crippen molar-refractivity contribution in [2.24, 2.45) is 0 Å². The highest BCUT2D eigenvalue weighted by molar-refractivity contribution is 6.46. The lowest BCUT2D eigenvalue weighted by Gasteiger charge is -2.25. The average Bonchev–Trinajstić information content (AvgIpc) is 3.07. The molecule has 1 fully saturated rings. The van der Waals surface area contributed by atoms with Gasteiger partial charge in [0.25, 0.3) is 11.7 Å². The first-order chi connectivity index (χ1) is 15.9. The van der Waals surface area contributed by atoms with E-state index in [9.17, 15) is 19.8 Å². The Morgan fingerprint density at radius 2 is 1.76 bits per heavy atom. The SMILES string of the molecule is CCCOc1ccc(/C(O)=C2/C(=O)C(=O)N(CCOC)C2c2ccc(O)c(OCC)c2)cc1. The molecule has 1 aliphatic heterocycles. The molecule has 1 heterocycles. The molecule has 1 saturated heterocycles. The fraction of sp³-hybridized carbons (Fsp3) is 0.360. The number of phenols is 1. The molecule has 2 N–H and O–H groups in total. The molecule has 176 valence electrons. The fourth-order valence-corrected chi connectivity index (χ4v) is 3.70. The average molecular weight is 456 g/mol. The summed E-state index contributed by atoms with van der Waals surface area (Å²) in [6.45, 7) is 5.04. The van der Waals surface area contributed by atoms with Crippen LogP contribution < -0.4 is 9.47 Å². The van der Waals surface area contributed by atoms with Crippen molar-refractivity contribution in [1.29, 1.82) is 0 Å². The van der Waals surface area contributed by atoms with Gasteiger partial charge in [-0.3, -0.25) is 9.59 Å². The van der Waals surface area contributed by atoms with Crippen LogP contribution in [0.5, 0.6) is 17.2 Å². The number of carbonyl (C=O) groups excluding carboxylic acids is 2. The number of carbonyl (C=O) groups is 2. The van der Waals surface area contributed by atoms with E-state index in [1.54, 1.807) is 43.3 Å². The zero-order chi connectivity index (χ0) is 24.0. The number of nitrogens with zero attached hydrogens (tertiary/aromatic N) is 1. The van der Waals surface area contributed by atoms with Crippen molar-refractivity contribution in [2.75, 3.05) is 33.5 Å².